The Hall–Kier alpha value is -2.34. The first-order valence-corrected chi connectivity index (χ1v) is 11.1. The number of hydrogen-bond donors (Lipinski definition) is 0. The number of rotatable bonds is 7. The van der Waals surface area contributed by atoms with E-state index >= 15 is 0 Å². The Morgan fingerprint density at radius 1 is 1.00 bits per heavy atom. The third kappa shape index (κ3) is 4.07. The zero-order valence-corrected chi connectivity index (χ0v) is 17.6. The van der Waals surface area contributed by atoms with Crippen molar-refractivity contribution in [3.8, 4) is 5.75 Å². The average Bonchev–Trinajstić information content (AvgIpc) is 3.54. The molecular formula is C22H27NO4S. The predicted molar refractivity (Wildman–Crippen MR) is 111 cm³/mol. The van der Waals surface area contributed by atoms with Gasteiger partial charge in [0.2, 0.25) is 0 Å². The maximum absolute atomic E-state index is 13.3. The highest BCUT2D eigenvalue weighted by Gasteiger charge is 2.35. The number of anilines is 1. The molecule has 0 N–H and O–H groups in total. The van der Waals surface area contributed by atoms with Gasteiger partial charge in [0.1, 0.15) is 5.75 Å². The summed E-state index contributed by atoms with van der Waals surface area (Å²) in [6.07, 6.45) is 2.24. The molecule has 1 saturated carbocycles. The van der Waals surface area contributed by atoms with Crippen molar-refractivity contribution in [2.24, 2.45) is 5.92 Å². The lowest BCUT2D eigenvalue weighted by Gasteiger charge is -2.30. The van der Waals surface area contributed by atoms with Crippen LogP contribution in [0.5, 0.6) is 5.75 Å². The van der Waals surface area contributed by atoms with E-state index in [0.717, 1.165) is 24.3 Å². The molecule has 1 aliphatic rings. The van der Waals surface area contributed by atoms with Crippen LogP contribution in [0.4, 0.5) is 5.69 Å². The van der Waals surface area contributed by atoms with Gasteiger partial charge in [-0.25, -0.2) is 8.42 Å². The van der Waals surface area contributed by atoms with E-state index in [4.69, 9.17) is 4.74 Å². The number of carbonyl (C=O) groups is 1. The minimum Gasteiger partial charge on any atom is -0.497 e. The summed E-state index contributed by atoms with van der Waals surface area (Å²) >= 11 is 0. The topological polar surface area (TPSA) is 63.7 Å². The molecule has 6 heteroatoms. The molecule has 3 rings (SSSR count). The lowest BCUT2D eigenvalue weighted by atomic mass is 10.1. The summed E-state index contributed by atoms with van der Waals surface area (Å²) in [4.78, 5) is 15.4. The van der Waals surface area contributed by atoms with Gasteiger partial charge in [0.05, 0.1) is 17.3 Å². The summed E-state index contributed by atoms with van der Waals surface area (Å²) in [5.74, 6) is 1.10. The molecule has 150 valence electrons. The zero-order valence-electron chi connectivity index (χ0n) is 16.8. The molecule has 1 unspecified atom stereocenters. The van der Waals surface area contributed by atoms with Crippen LogP contribution in [0.3, 0.4) is 0 Å². The number of amides is 1. The summed E-state index contributed by atoms with van der Waals surface area (Å²) in [6, 6.07) is 13.8. The van der Waals surface area contributed by atoms with Crippen molar-refractivity contribution in [1.82, 2.24) is 0 Å². The van der Waals surface area contributed by atoms with Gasteiger partial charge in [0.25, 0.3) is 5.91 Å². The van der Waals surface area contributed by atoms with E-state index in [2.05, 4.69) is 6.92 Å². The van der Waals surface area contributed by atoms with Gasteiger partial charge in [-0.2, -0.15) is 0 Å². The second-order valence-electron chi connectivity index (χ2n) is 7.57. The number of carbonyl (C=O) groups excluding carboxylic acids is 1. The fourth-order valence-corrected chi connectivity index (χ4v) is 4.33. The Morgan fingerprint density at radius 3 is 2.04 bits per heavy atom. The zero-order chi connectivity index (χ0) is 20.5. The molecule has 1 atom stereocenters. The van der Waals surface area contributed by atoms with Gasteiger partial charge >= 0.3 is 0 Å². The molecule has 5 nitrogen and oxygen atoms in total. The largest absolute Gasteiger partial charge is 0.497 e. The molecule has 1 amide bonds. The maximum Gasteiger partial charge on any atom is 0.258 e. The van der Waals surface area contributed by atoms with Crippen molar-refractivity contribution < 1.29 is 17.9 Å². The molecule has 0 bridgehead atoms. The van der Waals surface area contributed by atoms with Gasteiger partial charge in [-0.05, 0) is 88.1 Å². The van der Waals surface area contributed by atoms with Gasteiger partial charge < -0.3 is 9.64 Å². The summed E-state index contributed by atoms with van der Waals surface area (Å²) in [6.45, 7) is 5.37. The fourth-order valence-electron chi connectivity index (χ4n) is 3.27. The van der Waals surface area contributed by atoms with E-state index in [1.54, 1.807) is 33.1 Å². The summed E-state index contributed by atoms with van der Waals surface area (Å²) < 4.78 is 29.9. The number of nitrogens with zero attached hydrogens (tertiary/aromatic N) is 1. The average molecular weight is 402 g/mol. The number of methoxy groups -OCH3 is 1. The van der Waals surface area contributed by atoms with Gasteiger partial charge in [-0.1, -0.05) is 0 Å². The van der Waals surface area contributed by atoms with Crippen molar-refractivity contribution >= 4 is 21.4 Å². The molecule has 0 radical (unpaired) electrons. The van der Waals surface area contributed by atoms with Crippen LogP contribution >= 0.6 is 0 Å². The van der Waals surface area contributed by atoms with Gasteiger partial charge in [0, 0.05) is 17.3 Å². The molecule has 0 heterocycles. The molecule has 1 aliphatic carbocycles. The molecule has 28 heavy (non-hydrogen) atoms. The van der Waals surface area contributed by atoms with E-state index in [0.29, 0.717) is 11.5 Å². The monoisotopic (exact) mass is 401 g/mol. The number of benzene rings is 2. The van der Waals surface area contributed by atoms with Crippen molar-refractivity contribution in [2.45, 2.75) is 49.8 Å². The Kier molecular flexibility index (Phi) is 5.79. The van der Waals surface area contributed by atoms with Crippen LogP contribution in [-0.2, 0) is 9.84 Å². The number of ether oxygens (including phenoxy) is 1. The highest BCUT2D eigenvalue weighted by Crippen LogP contribution is 2.38. The van der Waals surface area contributed by atoms with Crippen LogP contribution in [0.25, 0.3) is 0 Å². The van der Waals surface area contributed by atoms with Crippen LogP contribution in [0.15, 0.2) is 53.4 Å². The lowest BCUT2D eigenvalue weighted by Crippen LogP contribution is -2.40. The predicted octanol–water partition coefficient (Wildman–Crippen LogP) is 4.32. The van der Waals surface area contributed by atoms with E-state index in [1.807, 2.05) is 29.2 Å². The van der Waals surface area contributed by atoms with Crippen LogP contribution < -0.4 is 9.64 Å². The summed E-state index contributed by atoms with van der Waals surface area (Å²) in [7, 11) is -1.75. The molecule has 2 aromatic rings. The third-order valence-corrected chi connectivity index (χ3v) is 7.50. The van der Waals surface area contributed by atoms with E-state index < -0.39 is 15.1 Å². The maximum atomic E-state index is 13.3. The van der Waals surface area contributed by atoms with E-state index in [1.165, 1.54) is 12.1 Å². The minimum absolute atomic E-state index is 0.0694. The molecule has 1 fully saturated rings. The van der Waals surface area contributed by atoms with Crippen LogP contribution in [-0.4, -0.2) is 32.7 Å². The van der Waals surface area contributed by atoms with E-state index in [9.17, 15) is 13.2 Å². The standard InChI is InChI=1S/C22H27NO4S/c1-15(2)28(25,26)21-13-7-18(8-14-21)22(24)23(16(3)17-5-6-17)19-9-11-20(27-4)12-10-19/h7-17H,5-6H2,1-4H3. The second kappa shape index (κ2) is 7.95. The lowest BCUT2D eigenvalue weighted by molar-refractivity contribution is 0.0975. The highest BCUT2D eigenvalue weighted by atomic mass is 32.2. The van der Waals surface area contributed by atoms with E-state index in [-0.39, 0.29) is 16.8 Å². The smallest absolute Gasteiger partial charge is 0.258 e. The number of sulfone groups is 1. The van der Waals surface area contributed by atoms with Crippen molar-refractivity contribution in [3.63, 3.8) is 0 Å². The summed E-state index contributed by atoms with van der Waals surface area (Å²) in [5, 5.41) is -0.500. The Morgan fingerprint density at radius 2 is 1.57 bits per heavy atom. The van der Waals surface area contributed by atoms with Gasteiger partial charge in [0.15, 0.2) is 9.84 Å². The van der Waals surface area contributed by atoms with Crippen LogP contribution in [0.1, 0.15) is 44.0 Å². The molecule has 0 aromatic heterocycles. The fraction of sp³-hybridized carbons (Fsp3) is 0.409. The van der Waals surface area contributed by atoms with Crippen molar-refractivity contribution in [3.05, 3.63) is 54.1 Å². The molecule has 2 aromatic carbocycles. The highest BCUT2D eigenvalue weighted by molar-refractivity contribution is 7.92. The summed E-state index contributed by atoms with van der Waals surface area (Å²) in [5.41, 5.74) is 1.29. The first-order valence-electron chi connectivity index (χ1n) is 9.57. The molecular weight excluding hydrogens is 374 g/mol. The van der Waals surface area contributed by atoms with Gasteiger partial charge in [-0.15, -0.1) is 0 Å². The first kappa shape index (κ1) is 20.4. The SMILES string of the molecule is COc1ccc(N(C(=O)c2ccc(S(=O)(=O)C(C)C)cc2)C(C)C2CC2)cc1. The molecule has 0 saturated heterocycles. The normalized spacial score (nSPS) is 15.3. The Bertz CT molecular complexity index is 930. The minimum atomic E-state index is -3.36. The van der Waals surface area contributed by atoms with Crippen LogP contribution in [0.2, 0.25) is 0 Å². The quantitative estimate of drug-likeness (QED) is 0.693. The first-order chi connectivity index (χ1) is 13.3. The second-order valence-corrected chi connectivity index (χ2v) is 10.1. The number of hydrogen-bond acceptors (Lipinski definition) is 4. The molecule has 0 aliphatic heterocycles. The van der Waals surface area contributed by atoms with Gasteiger partial charge in [-0.3, -0.25) is 4.79 Å². The Labute approximate surface area is 167 Å². The third-order valence-electron chi connectivity index (χ3n) is 5.33. The van der Waals surface area contributed by atoms with Crippen LogP contribution in [0, 0.1) is 5.92 Å². The molecule has 0 spiro atoms. The van der Waals surface area contributed by atoms with Crippen molar-refractivity contribution in [2.75, 3.05) is 12.0 Å². The Balaban J connectivity index is 1.92. The van der Waals surface area contributed by atoms with Crippen molar-refractivity contribution in [1.29, 1.82) is 0 Å².